The molecule has 4 heteroatoms. The summed E-state index contributed by atoms with van der Waals surface area (Å²) in [5.41, 5.74) is 9.19. The predicted molar refractivity (Wildman–Crippen MR) is 63.2 cm³/mol. The molecule has 0 spiro atoms. The topological polar surface area (TPSA) is 56.2 Å². The van der Waals surface area contributed by atoms with E-state index < -0.39 is 0 Å². The van der Waals surface area contributed by atoms with Gasteiger partial charge < -0.3 is 5.73 Å². The van der Waals surface area contributed by atoms with Crippen LogP contribution in [0.2, 0.25) is 0 Å². The molecule has 0 bridgehead atoms. The van der Waals surface area contributed by atoms with Gasteiger partial charge in [0.2, 0.25) is 0 Å². The molecule has 0 atom stereocenters. The summed E-state index contributed by atoms with van der Waals surface area (Å²) in [7, 11) is 0. The third-order valence-corrected chi connectivity index (χ3v) is 3.20. The van der Waals surface area contributed by atoms with Crippen molar-refractivity contribution < 1.29 is 0 Å². The van der Waals surface area contributed by atoms with Crippen LogP contribution in [-0.4, -0.2) is 14.6 Å². The highest BCUT2D eigenvalue weighted by Crippen LogP contribution is 2.32. The fourth-order valence-electron chi connectivity index (χ4n) is 2.06. The first kappa shape index (κ1) is 9.63. The molecular formula is C12H16N4. The Morgan fingerprint density at radius 1 is 1.50 bits per heavy atom. The predicted octanol–water partition coefficient (Wildman–Crippen LogP) is 1.83. The van der Waals surface area contributed by atoms with Crippen molar-refractivity contribution in [2.75, 3.05) is 5.73 Å². The van der Waals surface area contributed by atoms with Gasteiger partial charge in [0.05, 0.1) is 6.20 Å². The minimum atomic E-state index is 0.695. The van der Waals surface area contributed by atoms with Crippen LogP contribution in [0.1, 0.15) is 31.0 Å². The zero-order valence-electron chi connectivity index (χ0n) is 9.48. The minimum Gasteiger partial charge on any atom is -0.384 e. The number of rotatable bonds is 3. The normalized spacial score (nSPS) is 15.8. The van der Waals surface area contributed by atoms with Gasteiger partial charge in [-0.05, 0) is 31.6 Å². The first-order valence-electron chi connectivity index (χ1n) is 5.90. The van der Waals surface area contributed by atoms with E-state index in [1.807, 2.05) is 12.3 Å². The zero-order valence-corrected chi connectivity index (χ0v) is 9.48. The standard InChI is InChI=1S/C12H16N4/c1-2-9-7-14-16-11(13)6-10(15-12(9)16)5-8-3-4-8/h6-8H,2-5,13H2,1H3. The van der Waals surface area contributed by atoms with Crippen molar-refractivity contribution in [3.05, 3.63) is 23.5 Å². The van der Waals surface area contributed by atoms with E-state index in [4.69, 9.17) is 5.73 Å². The molecular weight excluding hydrogens is 200 g/mol. The molecule has 16 heavy (non-hydrogen) atoms. The van der Waals surface area contributed by atoms with Crippen LogP contribution < -0.4 is 5.73 Å². The van der Waals surface area contributed by atoms with Gasteiger partial charge in [0.25, 0.3) is 0 Å². The minimum absolute atomic E-state index is 0.695. The van der Waals surface area contributed by atoms with Gasteiger partial charge in [-0.1, -0.05) is 6.92 Å². The number of nitrogens with zero attached hydrogens (tertiary/aromatic N) is 3. The molecule has 2 N–H and O–H groups in total. The molecule has 2 heterocycles. The lowest BCUT2D eigenvalue weighted by molar-refractivity contribution is 0.797. The van der Waals surface area contributed by atoms with Crippen molar-refractivity contribution in [2.45, 2.75) is 32.6 Å². The fourth-order valence-corrected chi connectivity index (χ4v) is 2.06. The quantitative estimate of drug-likeness (QED) is 0.851. The molecule has 0 unspecified atom stereocenters. The molecule has 4 nitrogen and oxygen atoms in total. The number of aromatic nitrogens is 3. The van der Waals surface area contributed by atoms with E-state index in [9.17, 15) is 0 Å². The maximum Gasteiger partial charge on any atom is 0.160 e. The Morgan fingerprint density at radius 2 is 2.31 bits per heavy atom. The number of fused-ring (bicyclic) bond motifs is 1. The third-order valence-electron chi connectivity index (χ3n) is 3.20. The van der Waals surface area contributed by atoms with E-state index in [2.05, 4.69) is 17.0 Å². The smallest absolute Gasteiger partial charge is 0.160 e. The molecule has 1 fully saturated rings. The Morgan fingerprint density at radius 3 is 3.00 bits per heavy atom. The largest absolute Gasteiger partial charge is 0.384 e. The second-order valence-corrected chi connectivity index (χ2v) is 4.58. The van der Waals surface area contributed by atoms with Crippen molar-refractivity contribution in [3.63, 3.8) is 0 Å². The summed E-state index contributed by atoms with van der Waals surface area (Å²) < 4.78 is 1.73. The molecule has 0 radical (unpaired) electrons. The molecule has 0 saturated heterocycles. The molecule has 2 aromatic rings. The molecule has 2 aromatic heterocycles. The Kier molecular flexibility index (Phi) is 2.09. The van der Waals surface area contributed by atoms with Gasteiger partial charge in [-0.25, -0.2) is 4.98 Å². The van der Waals surface area contributed by atoms with Gasteiger partial charge in [0.1, 0.15) is 5.82 Å². The first-order valence-corrected chi connectivity index (χ1v) is 5.90. The van der Waals surface area contributed by atoms with Crippen LogP contribution in [-0.2, 0) is 12.8 Å². The van der Waals surface area contributed by atoms with Crippen molar-refractivity contribution in [3.8, 4) is 0 Å². The van der Waals surface area contributed by atoms with Gasteiger partial charge in [-0.2, -0.15) is 9.61 Å². The molecule has 1 saturated carbocycles. The van der Waals surface area contributed by atoms with Crippen molar-refractivity contribution >= 4 is 11.5 Å². The third kappa shape index (κ3) is 1.54. The van der Waals surface area contributed by atoms with E-state index in [1.165, 1.54) is 18.4 Å². The van der Waals surface area contributed by atoms with Crippen LogP contribution in [0.25, 0.3) is 5.65 Å². The summed E-state index contributed by atoms with van der Waals surface area (Å²) >= 11 is 0. The maximum absolute atomic E-state index is 5.98. The Hall–Kier alpha value is -1.58. The number of nitrogens with two attached hydrogens (primary N) is 1. The van der Waals surface area contributed by atoms with E-state index in [1.54, 1.807) is 4.52 Å². The average Bonchev–Trinajstić information content (AvgIpc) is 2.96. The summed E-state index contributed by atoms with van der Waals surface area (Å²) in [5, 5.41) is 4.25. The number of aryl methyl sites for hydroxylation is 1. The van der Waals surface area contributed by atoms with Crippen LogP contribution in [0.5, 0.6) is 0 Å². The summed E-state index contributed by atoms with van der Waals surface area (Å²) in [6.45, 7) is 2.11. The zero-order chi connectivity index (χ0) is 11.1. The molecule has 1 aliphatic carbocycles. The van der Waals surface area contributed by atoms with Crippen molar-refractivity contribution in [1.82, 2.24) is 14.6 Å². The van der Waals surface area contributed by atoms with Crippen LogP contribution in [0.4, 0.5) is 5.82 Å². The first-order chi connectivity index (χ1) is 7.78. The highest BCUT2D eigenvalue weighted by Gasteiger charge is 2.22. The van der Waals surface area contributed by atoms with E-state index in [-0.39, 0.29) is 0 Å². The highest BCUT2D eigenvalue weighted by molar-refractivity contribution is 5.52. The van der Waals surface area contributed by atoms with Crippen LogP contribution >= 0.6 is 0 Å². The number of anilines is 1. The van der Waals surface area contributed by atoms with Gasteiger partial charge in [-0.3, -0.25) is 0 Å². The maximum atomic E-state index is 5.98. The van der Waals surface area contributed by atoms with Crippen LogP contribution in [0.15, 0.2) is 12.3 Å². The lowest BCUT2D eigenvalue weighted by atomic mass is 10.2. The fraction of sp³-hybridized carbons (Fsp3) is 0.500. The molecule has 0 aliphatic heterocycles. The van der Waals surface area contributed by atoms with Crippen LogP contribution in [0, 0.1) is 5.92 Å². The van der Waals surface area contributed by atoms with Crippen molar-refractivity contribution in [2.24, 2.45) is 5.92 Å². The SMILES string of the molecule is CCc1cnn2c(N)cc(CC3CC3)nc12. The molecule has 0 amide bonds. The Bertz CT molecular complexity index is 525. The number of nitrogen functional groups attached to an aromatic ring is 1. The average molecular weight is 216 g/mol. The number of hydrogen-bond acceptors (Lipinski definition) is 3. The van der Waals surface area contributed by atoms with Gasteiger partial charge >= 0.3 is 0 Å². The van der Waals surface area contributed by atoms with E-state index in [0.717, 1.165) is 30.1 Å². The lowest BCUT2D eigenvalue weighted by Crippen LogP contribution is -2.04. The Labute approximate surface area is 94.5 Å². The van der Waals surface area contributed by atoms with E-state index >= 15 is 0 Å². The Balaban J connectivity index is 2.09. The molecule has 0 aromatic carbocycles. The monoisotopic (exact) mass is 216 g/mol. The summed E-state index contributed by atoms with van der Waals surface area (Å²) in [6, 6.07) is 1.96. The van der Waals surface area contributed by atoms with Gasteiger partial charge in [0, 0.05) is 17.3 Å². The molecule has 3 rings (SSSR count). The van der Waals surface area contributed by atoms with Crippen LogP contribution in [0.3, 0.4) is 0 Å². The highest BCUT2D eigenvalue weighted by atomic mass is 15.3. The summed E-state index contributed by atoms with van der Waals surface area (Å²) in [5.74, 6) is 1.53. The summed E-state index contributed by atoms with van der Waals surface area (Å²) in [4.78, 5) is 4.67. The van der Waals surface area contributed by atoms with Crippen molar-refractivity contribution in [1.29, 1.82) is 0 Å². The van der Waals surface area contributed by atoms with Gasteiger partial charge in [-0.15, -0.1) is 0 Å². The molecule has 1 aliphatic rings. The summed E-state index contributed by atoms with van der Waals surface area (Å²) in [6.07, 6.45) is 6.55. The second kappa shape index (κ2) is 3.47. The second-order valence-electron chi connectivity index (χ2n) is 4.58. The van der Waals surface area contributed by atoms with E-state index in [0.29, 0.717) is 5.82 Å². The lowest BCUT2D eigenvalue weighted by Gasteiger charge is -2.04. The number of hydrogen-bond donors (Lipinski definition) is 1. The molecule has 84 valence electrons. The van der Waals surface area contributed by atoms with Gasteiger partial charge in [0.15, 0.2) is 5.65 Å².